The Morgan fingerprint density at radius 3 is 2.88 bits per heavy atom. The van der Waals surface area contributed by atoms with Crippen molar-refractivity contribution in [3.8, 4) is 0 Å². The van der Waals surface area contributed by atoms with Crippen LogP contribution in [0.3, 0.4) is 0 Å². The quantitative estimate of drug-likeness (QED) is 0.649. The van der Waals surface area contributed by atoms with Gasteiger partial charge in [-0.05, 0) is 37.1 Å². The first kappa shape index (κ1) is 15.7. The third kappa shape index (κ3) is 2.83. The first-order chi connectivity index (χ1) is 11.5. The number of benzene rings is 1. The van der Waals surface area contributed by atoms with Gasteiger partial charge in [-0.25, -0.2) is 4.98 Å². The molecule has 124 valence electrons. The number of aromatic nitrogens is 2. The highest BCUT2D eigenvalue weighted by molar-refractivity contribution is 5.96. The number of anilines is 4. The van der Waals surface area contributed by atoms with E-state index >= 15 is 0 Å². The highest BCUT2D eigenvalue weighted by Crippen LogP contribution is 2.31. The number of nitrogens with one attached hydrogen (secondary N) is 1. The Labute approximate surface area is 137 Å². The lowest BCUT2D eigenvalue weighted by atomic mass is 10.0. The molecule has 0 unspecified atom stereocenters. The zero-order valence-electron chi connectivity index (χ0n) is 13.0. The first-order valence-electron chi connectivity index (χ1n) is 7.46. The summed E-state index contributed by atoms with van der Waals surface area (Å²) in [5, 5.41) is 13.7. The fourth-order valence-corrected chi connectivity index (χ4v) is 2.70. The van der Waals surface area contributed by atoms with E-state index in [1.807, 2.05) is 19.1 Å². The summed E-state index contributed by atoms with van der Waals surface area (Å²) in [6, 6.07) is 5.60. The molecule has 0 aliphatic carbocycles. The molecule has 0 saturated carbocycles. The van der Waals surface area contributed by atoms with Gasteiger partial charge in [0.25, 0.3) is 0 Å². The summed E-state index contributed by atoms with van der Waals surface area (Å²) in [5.74, 6) is 0.104. The topological polar surface area (TPSA) is 127 Å². The van der Waals surface area contributed by atoms with Gasteiger partial charge in [0, 0.05) is 24.3 Å². The summed E-state index contributed by atoms with van der Waals surface area (Å²) < 4.78 is 0. The Morgan fingerprint density at radius 1 is 1.42 bits per heavy atom. The minimum absolute atomic E-state index is 0.122. The van der Waals surface area contributed by atoms with E-state index in [1.54, 1.807) is 11.0 Å². The van der Waals surface area contributed by atoms with Crippen LogP contribution in [-0.2, 0) is 11.2 Å². The number of carbonyl (C=O) groups excluding carboxylic acids is 1. The zero-order valence-corrected chi connectivity index (χ0v) is 13.0. The summed E-state index contributed by atoms with van der Waals surface area (Å²) in [5.41, 5.74) is 7.92. The van der Waals surface area contributed by atoms with Gasteiger partial charge in [0.05, 0.1) is 4.92 Å². The molecule has 1 aliphatic heterocycles. The minimum Gasteiger partial charge on any atom is -0.378 e. The molecule has 0 fully saturated rings. The number of rotatable bonds is 4. The summed E-state index contributed by atoms with van der Waals surface area (Å²) in [4.78, 5) is 31.6. The van der Waals surface area contributed by atoms with Crippen LogP contribution in [0.2, 0.25) is 0 Å². The molecule has 0 atom stereocenters. The average molecular weight is 328 g/mol. The van der Waals surface area contributed by atoms with E-state index in [0.29, 0.717) is 19.4 Å². The Hall–Kier alpha value is -3.23. The highest BCUT2D eigenvalue weighted by atomic mass is 16.6. The number of hydrogen-bond donors (Lipinski definition) is 2. The molecule has 3 rings (SSSR count). The summed E-state index contributed by atoms with van der Waals surface area (Å²) in [7, 11) is 0. The first-order valence-corrected chi connectivity index (χ1v) is 7.46. The van der Waals surface area contributed by atoms with E-state index < -0.39 is 4.92 Å². The van der Waals surface area contributed by atoms with Crippen molar-refractivity contribution in [1.29, 1.82) is 0 Å². The summed E-state index contributed by atoms with van der Waals surface area (Å²) >= 11 is 0. The lowest BCUT2D eigenvalue weighted by Crippen LogP contribution is -2.34. The van der Waals surface area contributed by atoms with Gasteiger partial charge >= 0.3 is 5.69 Å². The van der Waals surface area contributed by atoms with E-state index in [0.717, 1.165) is 23.1 Å². The van der Waals surface area contributed by atoms with Gasteiger partial charge in [-0.15, -0.1) is 0 Å². The molecule has 9 nitrogen and oxygen atoms in total. The molecule has 0 saturated heterocycles. The normalized spacial score (nSPS) is 13.5. The van der Waals surface area contributed by atoms with E-state index in [9.17, 15) is 14.9 Å². The third-order valence-corrected chi connectivity index (χ3v) is 3.85. The highest BCUT2D eigenvalue weighted by Gasteiger charge is 2.23. The summed E-state index contributed by atoms with van der Waals surface area (Å²) in [6.45, 7) is 2.56. The van der Waals surface area contributed by atoms with Crippen molar-refractivity contribution in [2.75, 3.05) is 22.5 Å². The molecule has 2 aromatic rings. The number of aryl methyl sites for hydroxylation is 1. The molecule has 1 aromatic heterocycles. The fraction of sp³-hybridized carbons (Fsp3) is 0.267. The molecule has 1 amide bonds. The lowest BCUT2D eigenvalue weighted by molar-refractivity contribution is -0.384. The number of nitro groups is 1. The van der Waals surface area contributed by atoms with Crippen molar-refractivity contribution in [1.82, 2.24) is 9.97 Å². The van der Waals surface area contributed by atoms with Gasteiger partial charge < -0.3 is 16.0 Å². The van der Waals surface area contributed by atoms with Crippen molar-refractivity contribution in [3.05, 3.63) is 40.1 Å². The van der Waals surface area contributed by atoms with Crippen LogP contribution in [-0.4, -0.2) is 27.3 Å². The summed E-state index contributed by atoms with van der Waals surface area (Å²) in [6.07, 6.45) is 2.22. The molecule has 9 heteroatoms. The van der Waals surface area contributed by atoms with Crippen LogP contribution in [0.4, 0.5) is 28.8 Å². The Morgan fingerprint density at radius 2 is 2.21 bits per heavy atom. The maximum Gasteiger partial charge on any atom is 0.329 e. The number of hydrogen-bond acceptors (Lipinski definition) is 7. The molecule has 24 heavy (non-hydrogen) atoms. The maximum atomic E-state index is 11.9. The molecular formula is C15H16N6O3. The van der Waals surface area contributed by atoms with Crippen molar-refractivity contribution < 1.29 is 9.72 Å². The Bertz CT molecular complexity index is 823. The van der Waals surface area contributed by atoms with E-state index in [4.69, 9.17) is 5.73 Å². The number of carbonyl (C=O) groups is 1. The predicted octanol–water partition coefficient (Wildman–Crippen LogP) is 2.01. The molecule has 2 heterocycles. The molecular weight excluding hydrogens is 312 g/mol. The van der Waals surface area contributed by atoms with E-state index in [1.165, 1.54) is 0 Å². The molecule has 0 radical (unpaired) electrons. The number of nitrogens with zero attached hydrogens (tertiary/aromatic N) is 4. The van der Waals surface area contributed by atoms with Crippen molar-refractivity contribution in [3.63, 3.8) is 0 Å². The van der Waals surface area contributed by atoms with Crippen LogP contribution < -0.4 is 16.0 Å². The van der Waals surface area contributed by atoms with Crippen LogP contribution in [0.15, 0.2) is 24.4 Å². The number of nitrogen functional groups attached to an aromatic ring is 1. The second-order valence-electron chi connectivity index (χ2n) is 5.33. The zero-order chi connectivity index (χ0) is 17.3. The van der Waals surface area contributed by atoms with Crippen LogP contribution in [0.1, 0.15) is 18.9 Å². The maximum absolute atomic E-state index is 11.9. The minimum atomic E-state index is -0.631. The van der Waals surface area contributed by atoms with Crippen molar-refractivity contribution in [2.45, 2.75) is 19.8 Å². The van der Waals surface area contributed by atoms with Crippen LogP contribution in [0.5, 0.6) is 0 Å². The molecule has 0 bridgehead atoms. The SMILES string of the molecule is CCN1C(=O)CCc2cc(Nc3ncc([N+](=O)[O-])c(N)n3)ccc21. The number of nitrogens with two attached hydrogens (primary N) is 1. The standard InChI is InChI=1S/C15H16N6O3/c1-2-20-11-5-4-10(7-9(11)3-6-13(20)22)18-15-17-8-12(21(23)24)14(16)19-15/h4-5,7-8H,2-3,6H2,1H3,(H3,16,17,18,19). The monoisotopic (exact) mass is 328 g/mol. The van der Waals surface area contributed by atoms with Crippen LogP contribution in [0, 0.1) is 10.1 Å². The predicted molar refractivity (Wildman–Crippen MR) is 89.2 cm³/mol. The van der Waals surface area contributed by atoms with Crippen LogP contribution >= 0.6 is 0 Å². The van der Waals surface area contributed by atoms with Gasteiger partial charge in [0.1, 0.15) is 6.20 Å². The van der Waals surface area contributed by atoms with Crippen molar-refractivity contribution >= 4 is 34.7 Å². The van der Waals surface area contributed by atoms with E-state index in [-0.39, 0.29) is 23.4 Å². The van der Waals surface area contributed by atoms with Crippen molar-refractivity contribution in [2.24, 2.45) is 0 Å². The Kier molecular flexibility index (Phi) is 3.98. The number of amides is 1. The van der Waals surface area contributed by atoms with Gasteiger partial charge in [0.15, 0.2) is 0 Å². The second kappa shape index (κ2) is 6.11. The van der Waals surface area contributed by atoms with Gasteiger partial charge in [-0.2, -0.15) is 4.98 Å². The molecule has 0 spiro atoms. The largest absolute Gasteiger partial charge is 0.378 e. The smallest absolute Gasteiger partial charge is 0.329 e. The average Bonchev–Trinajstić information content (AvgIpc) is 2.54. The molecule has 1 aliphatic rings. The Balaban J connectivity index is 1.86. The third-order valence-electron chi connectivity index (χ3n) is 3.85. The van der Waals surface area contributed by atoms with Crippen LogP contribution in [0.25, 0.3) is 0 Å². The van der Waals surface area contributed by atoms with E-state index in [2.05, 4.69) is 15.3 Å². The molecule has 1 aromatic carbocycles. The number of fused-ring (bicyclic) bond motifs is 1. The van der Waals surface area contributed by atoms with Gasteiger partial charge in [0.2, 0.25) is 17.7 Å². The lowest BCUT2D eigenvalue weighted by Gasteiger charge is -2.28. The van der Waals surface area contributed by atoms with Gasteiger partial charge in [-0.1, -0.05) is 0 Å². The fourth-order valence-electron chi connectivity index (χ4n) is 2.70. The molecule has 3 N–H and O–H groups in total. The second-order valence-corrected chi connectivity index (χ2v) is 5.33. The van der Waals surface area contributed by atoms with Gasteiger partial charge in [-0.3, -0.25) is 14.9 Å².